The Morgan fingerprint density at radius 3 is 2.69 bits per heavy atom. The minimum atomic E-state index is 0.0233. The zero-order valence-corrected chi connectivity index (χ0v) is 10.6. The van der Waals surface area contributed by atoms with E-state index in [1.54, 1.807) is 6.26 Å². The number of furan rings is 1. The average molecular weight is 226 g/mol. The topological polar surface area (TPSA) is 51.6 Å². The average Bonchev–Trinajstić information content (AvgIpc) is 2.64. The van der Waals surface area contributed by atoms with Crippen molar-refractivity contribution in [3.05, 3.63) is 23.7 Å². The van der Waals surface area contributed by atoms with Crippen molar-refractivity contribution >= 4 is 0 Å². The molecule has 1 aromatic heterocycles. The van der Waals surface area contributed by atoms with Crippen LogP contribution in [0.4, 0.5) is 0 Å². The van der Waals surface area contributed by atoms with Gasteiger partial charge in [0.05, 0.1) is 12.9 Å². The summed E-state index contributed by atoms with van der Waals surface area (Å²) in [6.07, 6.45) is 1.65. The van der Waals surface area contributed by atoms with Crippen LogP contribution in [0.15, 0.2) is 16.7 Å². The summed E-state index contributed by atoms with van der Waals surface area (Å²) in [5.41, 5.74) is 6.62. The fraction of sp³-hybridized carbons (Fsp3) is 0.667. The second-order valence-corrected chi connectivity index (χ2v) is 4.77. The highest BCUT2D eigenvalue weighted by Gasteiger charge is 2.20. The van der Waals surface area contributed by atoms with Crippen LogP contribution in [0, 0.1) is 0 Å². The van der Waals surface area contributed by atoms with Crippen LogP contribution in [0.25, 0.3) is 0 Å². The van der Waals surface area contributed by atoms with Crippen molar-refractivity contribution in [2.45, 2.75) is 32.5 Å². The van der Waals surface area contributed by atoms with Crippen molar-refractivity contribution in [3.63, 3.8) is 0 Å². The number of hydrogen-bond acceptors (Lipinski definition) is 4. The molecule has 0 saturated heterocycles. The molecule has 0 aliphatic heterocycles. The molecular weight excluding hydrogens is 204 g/mol. The van der Waals surface area contributed by atoms with Crippen LogP contribution < -0.4 is 5.73 Å². The highest BCUT2D eigenvalue weighted by Crippen LogP contribution is 2.14. The lowest BCUT2D eigenvalue weighted by molar-refractivity contribution is 0.0206. The Morgan fingerprint density at radius 2 is 2.12 bits per heavy atom. The maximum absolute atomic E-state index is 5.66. The Labute approximate surface area is 97.4 Å². The predicted octanol–water partition coefficient (Wildman–Crippen LogP) is 1.60. The lowest BCUT2D eigenvalue weighted by atomic mass is 10.1. The summed E-state index contributed by atoms with van der Waals surface area (Å²) in [5, 5.41) is 0. The van der Waals surface area contributed by atoms with E-state index in [2.05, 4.69) is 18.7 Å². The van der Waals surface area contributed by atoms with E-state index in [-0.39, 0.29) is 5.54 Å². The van der Waals surface area contributed by atoms with Crippen LogP contribution in [0.3, 0.4) is 0 Å². The standard InChI is InChI=1S/C12H22N2O2/c1-12(2,14(3)4)9-15-8-11-10(7-13)5-6-16-11/h5-6H,7-9,13H2,1-4H3. The Morgan fingerprint density at radius 1 is 1.44 bits per heavy atom. The van der Waals surface area contributed by atoms with Gasteiger partial charge in [-0.3, -0.25) is 0 Å². The van der Waals surface area contributed by atoms with Gasteiger partial charge in [-0.1, -0.05) is 0 Å². The molecule has 0 amide bonds. The third kappa shape index (κ3) is 3.33. The van der Waals surface area contributed by atoms with Gasteiger partial charge < -0.3 is 19.8 Å². The quantitative estimate of drug-likeness (QED) is 0.800. The Kier molecular flexibility index (Phi) is 4.53. The number of rotatable bonds is 6. The molecule has 16 heavy (non-hydrogen) atoms. The summed E-state index contributed by atoms with van der Waals surface area (Å²) < 4.78 is 11.0. The van der Waals surface area contributed by atoms with Crippen LogP contribution in [0.2, 0.25) is 0 Å². The maximum Gasteiger partial charge on any atom is 0.133 e. The van der Waals surface area contributed by atoms with E-state index in [4.69, 9.17) is 14.9 Å². The largest absolute Gasteiger partial charge is 0.467 e. The molecule has 2 N–H and O–H groups in total. The molecule has 0 unspecified atom stereocenters. The van der Waals surface area contributed by atoms with Crippen LogP contribution in [-0.2, 0) is 17.9 Å². The van der Waals surface area contributed by atoms with Gasteiger partial charge in [0.15, 0.2) is 0 Å². The van der Waals surface area contributed by atoms with Gasteiger partial charge >= 0.3 is 0 Å². The number of ether oxygens (including phenoxy) is 1. The molecule has 4 nitrogen and oxygen atoms in total. The second kappa shape index (κ2) is 5.48. The molecule has 92 valence electrons. The molecule has 0 aliphatic carbocycles. The molecular formula is C12H22N2O2. The summed E-state index contributed by atoms with van der Waals surface area (Å²) in [7, 11) is 4.09. The molecule has 0 radical (unpaired) electrons. The van der Waals surface area contributed by atoms with Gasteiger partial charge in [-0.05, 0) is 34.0 Å². The van der Waals surface area contributed by atoms with E-state index < -0.39 is 0 Å². The van der Waals surface area contributed by atoms with Crippen molar-refractivity contribution in [2.24, 2.45) is 5.73 Å². The van der Waals surface area contributed by atoms with E-state index in [1.807, 2.05) is 20.2 Å². The van der Waals surface area contributed by atoms with Crippen LogP contribution in [0.1, 0.15) is 25.2 Å². The highest BCUT2D eigenvalue weighted by atomic mass is 16.5. The first-order valence-electron chi connectivity index (χ1n) is 5.48. The normalized spacial score (nSPS) is 12.4. The molecule has 0 aromatic carbocycles. The summed E-state index contributed by atoms with van der Waals surface area (Å²) in [6.45, 7) is 5.91. The van der Waals surface area contributed by atoms with E-state index >= 15 is 0 Å². The zero-order valence-electron chi connectivity index (χ0n) is 10.6. The minimum absolute atomic E-state index is 0.0233. The molecule has 4 heteroatoms. The van der Waals surface area contributed by atoms with Crippen molar-refractivity contribution < 1.29 is 9.15 Å². The SMILES string of the molecule is CN(C)C(C)(C)COCc1occc1CN. The minimum Gasteiger partial charge on any atom is -0.467 e. The molecule has 1 aromatic rings. The van der Waals surface area contributed by atoms with E-state index in [0.29, 0.717) is 19.8 Å². The Hall–Kier alpha value is -0.840. The monoisotopic (exact) mass is 226 g/mol. The van der Waals surface area contributed by atoms with Gasteiger partial charge in [-0.25, -0.2) is 0 Å². The second-order valence-electron chi connectivity index (χ2n) is 4.77. The molecule has 1 rings (SSSR count). The molecule has 0 fully saturated rings. The first-order chi connectivity index (χ1) is 7.47. The Balaban J connectivity index is 2.41. The molecule has 0 spiro atoms. The van der Waals surface area contributed by atoms with Crippen LogP contribution in [-0.4, -0.2) is 31.1 Å². The lowest BCUT2D eigenvalue weighted by Crippen LogP contribution is -2.42. The van der Waals surface area contributed by atoms with Gasteiger partial charge in [0.2, 0.25) is 0 Å². The third-order valence-electron chi connectivity index (χ3n) is 2.96. The van der Waals surface area contributed by atoms with Crippen molar-refractivity contribution in [3.8, 4) is 0 Å². The number of nitrogens with zero attached hydrogens (tertiary/aromatic N) is 1. The Bertz CT molecular complexity index is 319. The first-order valence-corrected chi connectivity index (χ1v) is 5.48. The fourth-order valence-corrected chi connectivity index (χ4v) is 1.20. The summed E-state index contributed by atoms with van der Waals surface area (Å²) >= 11 is 0. The highest BCUT2D eigenvalue weighted by molar-refractivity contribution is 5.15. The first kappa shape index (κ1) is 13.2. The van der Waals surface area contributed by atoms with Crippen molar-refractivity contribution in [1.29, 1.82) is 0 Å². The molecule has 0 aliphatic rings. The number of likely N-dealkylation sites (N-methyl/N-ethyl adjacent to an activating group) is 1. The smallest absolute Gasteiger partial charge is 0.133 e. The fourth-order valence-electron chi connectivity index (χ4n) is 1.20. The van der Waals surface area contributed by atoms with Crippen molar-refractivity contribution in [2.75, 3.05) is 20.7 Å². The van der Waals surface area contributed by atoms with Gasteiger partial charge in [-0.2, -0.15) is 0 Å². The molecule has 0 saturated carbocycles. The molecule has 1 heterocycles. The third-order valence-corrected chi connectivity index (χ3v) is 2.96. The number of hydrogen-bond donors (Lipinski definition) is 1. The van der Waals surface area contributed by atoms with Gasteiger partial charge in [-0.15, -0.1) is 0 Å². The molecule has 0 atom stereocenters. The number of nitrogens with two attached hydrogens (primary N) is 1. The van der Waals surface area contributed by atoms with E-state index in [0.717, 1.165) is 11.3 Å². The van der Waals surface area contributed by atoms with Crippen LogP contribution in [0.5, 0.6) is 0 Å². The van der Waals surface area contributed by atoms with Crippen LogP contribution >= 0.6 is 0 Å². The lowest BCUT2D eigenvalue weighted by Gasteiger charge is -2.32. The zero-order chi connectivity index (χ0) is 12.2. The van der Waals surface area contributed by atoms with Crippen molar-refractivity contribution in [1.82, 2.24) is 4.90 Å². The summed E-state index contributed by atoms with van der Waals surface area (Å²) in [5.74, 6) is 0.831. The molecule has 0 bridgehead atoms. The summed E-state index contributed by atoms with van der Waals surface area (Å²) in [4.78, 5) is 2.14. The maximum atomic E-state index is 5.66. The van der Waals surface area contributed by atoms with E-state index in [1.165, 1.54) is 0 Å². The predicted molar refractivity (Wildman–Crippen MR) is 64.0 cm³/mol. The van der Waals surface area contributed by atoms with Gasteiger partial charge in [0, 0.05) is 17.6 Å². The van der Waals surface area contributed by atoms with E-state index in [9.17, 15) is 0 Å². The summed E-state index contributed by atoms with van der Waals surface area (Å²) in [6, 6.07) is 1.88. The van der Waals surface area contributed by atoms with Gasteiger partial charge in [0.25, 0.3) is 0 Å². The van der Waals surface area contributed by atoms with Gasteiger partial charge in [0.1, 0.15) is 12.4 Å².